The van der Waals surface area contributed by atoms with Gasteiger partial charge in [-0.3, -0.25) is 9.36 Å². The van der Waals surface area contributed by atoms with Crippen LogP contribution in [0.25, 0.3) is 39.6 Å². The molecule has 266 valence electrons. The van der Waals surface area contributed by atoms with Crippen molar-refractivity contribution in [2.75, 3.05) is 12.3 Å². The van der Waals surface area contributed by atoms with Crippen molar-refractivity contribution in [1.29, 1.82) is 0 Å². The van der Waals surface area contributed by atoms with Crippen molar-refractivity contribution in [3.63, 3.8) is 0 Å². The van der Waals surface area contributed by atoms with Gasteiger partial charge in [0, 0.05) is 35.9 Å². The Labute approximate surface area is 311 Å². The summed E-state index contributed by atoms with van der Waals surface area (Å²) in [6.45, 7) is 7.85. The minimum atomic E-state index is -4.31. The van der Waals surface area contributed by atoms with Gasteiger partial charge in [-0.2, -0.15) is 4.40 Å². The Morgan fingerprint density at radius 2 is 1.58 bits per heavy atom. The quantitative estimate of drug-likeness (QED) is 0.0952. The van der Waals surface area contributed by atoms with Crippen LogP contribution in [0.3, 0.4) is 0 Å². The number of para-hydroxylation sites is 2. The molecule has 12 heteroatoms. The average Bonchev–Trinajstić information content (AvgIpc) is 3.81. The lowest BCUT2D eigenvalue weighted by molar-refractivity contribution is -0.678. The second kappa shape index (κ2) is 15.1. The number of nitrogens with zero attached hydrogens (tertiary/aromatic N) is 5. The molecular weight excluding hydrogens is 711 g/mol. The van der Waals surface area contributed by atoms with Crippen molar-refractivity contribution in [3.05, 3.63) is 144 Å². The van der Waals surface area contributed by atoms with Crippen LogP contribution >= 0.6 is 23.1 Å². The molecule has 6 aromatic rings. The fourth-order valence-corrected chi connectivity index (χ4v) is 9.56. The van der Waals surface area contributed by atoms with Gasteiger partial charge in [-0.05, 0) is 69.0 Å². The summed E-state index contributed by atoms with van der Waals surface area (Å²) in [6, 6.07) is 30.8. The van der Waals surface area contributed by atoms with Crippen molar-refractivity contribution in [1.82, 2.24) is 18.9 Å². The standard InChI is InChI=1S/C40H39N5O4S3/c1-4-42-35(51-38(30-18-10-7-11-19-30)37(42)29-16-8-6-9-17-29)23-22-34-39(46)43(5-2)36(50-34)27-31-26-28(3)45-33-21-13-12-20-32(33)41-40(45)44(31)24-14-15-25-52(47,48)49/h6-13,16-23,26-27H,4-5,14-15,24-25H2,1-3H3/b34-22+,35-23+. The number of hydrogen-bond acceptors (Lipinski definition) is 8. The zero-order valence-corrected chi connectivity index (χ0v) is 31.7. The van der Waals surface area contributed by atoms with Crippen LogP contribution in [0.4, 0.5) is 0 Å². The Morgan fingerprint density at radius 1 is 0.885 bits per heavy atom. The topological polar surface area (TPSA) is 104 Å². The molecule has 0 amide bonds. The highest BCUT2D eigenvalue weighted by Gasteiger charge is 2.29. The first-order valence-electron chi connectivity index (χ1n) is 17.3. The largest absolute Gasteiger partial charge is 0.748 e. The first-order valence-corrected chi connectivity index (χ1v) is 20.6. The summed E-state index contributed by atoms with van der Waals surface area (Å²) >= 11 is 3.16. The Kier molecular flexibility index (Phi) is 10.3. The molecule has 0 atom stereocenters. The number of aromatic nitrogens is 4. The van der Waals surface area contributed by atoms with Crippen LogP contribution in [0.1, 0.15) is 49.2 Å². The first kappa shape index (κ1) is 35.6. The molecule has 1 aliphatic rings. The van der Waals surface area contributed by atoms with Crippen LogP contribution in [0.5, 0.6) is 0 Å². The molecule has 3 aromatic carbocycles. The van der Waals surface area contributed by atoms with E-state index in [1.807, 2.05) is 62.4 Å². The van der Waals surface area contributed by atoms with E-state index in [0.29, 0.717) is 29.8 Å². The number of imidazole rings is 1. The van der Waals surface area contributed by atoms with Gasteiger partial charge in [0.2, 0.25) is 0 Å². The van der Waals surface area contributed by atoms with E-state index >= 15 is 0 Å². The van der Waals surface area contributed by atoms with E-state index in [1.165, 1.54) is 16.2 Å². The van der Waals surface area contributed by atoms with E-state index < -0.39 is 15.9 Å². The fourth-order valence-electron chi connectivity index (χ4n) is 6.69. The Hall–Kier alpha value is -4.75. The molecule has 0 spiro atoms. The number of fused-ring (bicyclic) bond motifs is 3. The first-order chi connectivity index (χ1) is 25.2. The molecule has 4 heterocycles. The number of thiazole rings is 1. The van der Waals surface area contributed by atoms with Crippen LogP contribution in [-0.4, -0.2) is 44.1 Å². The maximum absolute atomic E-state index is 13.9. The second-order valence-electron chi connectivity index (χ2n) is 12.5. The Bertz CT molecular complexity index is 2640. The minimum absolute atomic E-state index is 0.0577. The molecule has 0 fully saturated rings. The Morgan fingerprint density at radius 3 is 2.27 bits per heavy atom. The highest BCUT2D eigenvalue weighted by molar-refractivity contribution is 8.12. The molecule has 9 nitrogen and oxygen atoms in total. The lowest BCUT2D eigenvalue weighted by Crippen LogP contribution is -2.41. The molecule has 0 saturated carbocycles. The molecular formula is C40H39N5O4S3. The van der Waals surface area contributed by atoms with E-state index in [0.717, 1.165) is 55.5 Å². The third-order valence-corrected chi connectivity index (χ3v) is 12.2. The molecule has 0 unspecified atom stereocenters. The van der Waals surface area contributed by atoms with Gasteiger partial charge < -0.3 is 9.45 Å². The number of thioether (sulfide) groups is 1. The third-order valence-electron chi connectivity index (χ3n) is 9.09. The zero-order valence-electron chi connectivity index (χ0n) is 29.2. The van der Waals surface area contributed by atoms with Crippen molar-refractivity contribution < 1.29 is 17.5 Å². The number of rotatable bonds is 11. The molecule has 0 N–H and O–H groups in total. The second-order valence-corrected chi connectivity index (χ2v) is 16.1. The number of hydrogen-bond donors (Lipinski definition) is 0. The summed E-state index contributed by atoms with van der Waals surface area (Å²) in [5.41, 5.74) is 7.01. The molecule has 0 saturated heterocycles. The van der Waals surface area contributed by atoms with E-state index in [-0.39, 0.29) is 12.0 Å². The van der Waals surface area contributed by atoms with Crippen LogP contribution in [0.15, 0.2) is 107 Å². The van der Waals surface area contributed by atoms with Crippen molar-refractivity contribution in [3.8, 4) is 0 Å². The van der Waals surface area contributed by atoms with Crippen LogP contribution in [0, 0.1) is 6.92 Å². The van der Waals surface area contributed by atoms with Gasteiger partial charge >= 0.3 is 5.78 Å². The third kappa shape index (κ3) is 7.16. The smallest absolute Gasteiger partial charge is 0.404 e. The van der Waals surface area contributed by atoms with Crippen molar-refractivity contribution in [2.24, 2.45) is 0 Å². The Balaban J connectivity index is 1.32. The molecule has 0 aliphatic carbocycles. The molecule has 3 aromatic heterocycles. The van der Waals surface area contributed by atoms with Gasteiger partial charge in [0.05, 0.1) is 37.6 Å². The van der Waals surface area contributed by atoms with Gasteiger partial charge in [0.25, 0.3) is 5.56 Å². The van der Waals surface area contributed by atoms with E-state index in [1.54, 1.807) is 16.3 Å². The molecule has 0 bridgehead atoms. The van der Waals surface area contributed by atoms with E-state index in [2.05, 4.69) is 81.5 Å². The van der Waals surface area contributed by atoms with Gasteiger partial charge in [0.1, 0.15) is 15.9 Å². The van der Waals surface area contributed by atoms with Crippen LogP contribution in [0.2, 0.25) is 0 Å². The summed E-state index contributed by atoms with van der Waals surface area (Å²) in [7, 11) is -4.31. The maximum Gasteiger partial charge on any atom is 0.404 e. The highest BCUT2D eigenvalue weighted by Crippen LogP contribution is 2.50. The average molecular weight is 750 g/mol. The van der Waals surface area contributed by atoms with E-state index in [4.69, 9.17) is 4.98 Å². The van der Waals surface area contributed by atoms with E-state index in [9.17, 15) is 17.8 Å². The fraction of sp³-hybridized carbons (Fsp3) is 0.225. The monoisotopic (exact) mass is 749 g/mol. The molecule has 7 rings (SSSR count). The van der Waals surface area contributed by atoms with Gasteiger partial charge in [-0.25, -0.2) is 13.0 Å². The summed E-state index contributed by atoms with van der Waals surface area (Å²) in [5.74, 6) is 0.299. The summed E-state index contributed by atoms with van der Waals surface area (Å²) in [5, 5.41) is 1.05. The van der Waals surface area contributed by atoms with Gasteiger partial charge in [-0.1, -0.05) is 89.5 Å². The van der Waals surface area contributed by atoms with Crippen LogP contribution in [-0.2, 0) is 23.2 Å². The number of benzene rings is 3. The SMILES string of the molecule is CCN1C(c2ccccc2)=C(c2ccccc2)S/C1=C/C=c1/s/c(=C\c2cc(C)n3c4ccccc4nc3[n+]2CCCCS(=O)(=O)[O-])n(CC)c1=O. The molecule has 0 radical (unpaired) electrons. The maximum atomic E-state index is 13.9. The minimum Gasteiger partial charge on any atom is -0.748 e. The normalized spacial score (nSPS) is 15.3. The predicted molar refractivity (Wildman–Crippen MR) is 211 cm³/mol. The van der Waals surface area contributed by atoms with Gasteiger partial charge in [0.15, 0.2) is 5.52 Å². The predicted octanol–water partition coefficient (Wildman–Crippen LogP) is 5.70. The lowest BCUT2D eigenvalue weighted by Gasteiger charge is -2.21. The summed E-state index contributed by atoms with van der Waals surface area (Å²) < 4.78 is 41.4. The highest BCUT2D eigenvalue weighted by atomic mass is 32.2. The van der Waals surface area contributed by atoms with Crippen LogP contribution < -0.4 is 19.3 Å². The molecule has 52 heavy (non-hydrogen) atoms. The number of allylic oxidation sites excluding steroid dienone is 1. The lowest BCUT2D eigenvalue weighted by atomic mass is 10.1. The van der Waals surface area contributed by atoms with Crippen molar-refractivity contribution >= 4 is 72.8 Å². The number of aryl methyl sites for hydroxylation is 2. The van der Waals surface area contributed by atoms with Crippen molar-refractivity contribution in [2.45, 2.75) is 46.7 Å². The summed E-state index contributed by atoms with van der Waals surface area (Å²) in [4.78, 5) is 22.3. The zero-order chi connectivity index (χ0) is 36.4. The number of unbranched alkanes of at least 4 members (excludes halogenated alkanes) is 1. The molecule has 1 aliphatic heterocycles. The van der Waals surface area contributed by atoms with Gasteiger partial charge in [-0.15, -0.1) is 11.3 Å². The summed E-state index contributed by atoms with van der Waals surface area (Å²) in [6.07, 6.45) is 6.72.